The van der Waals surface area contributed by atoms with E-state index in [0.29, 0.717) is 12.2 Å². The molecule has 0 nitrogen and oxygen atoms in total. The fraction of sp³-hybridized carbons (Fsp3) is 0.167. The summed E-state index contributed by atoms with van der Waals surface area (Å²) in [6.45, 7) is 0. The fourth-order valence-corrected chi connectivity index (χ4v) is 0.604. The van der Waals surface area contributed by atoms with Crippen molar-refractivity contribution in [3.8, 4) is 0 Å². The van der Waals surface area contributed by atoms with E-state index >= 15 is 0 Å². The van der Waals surface area contributed by atoms with Gasteiger partial charge in [-0.15, -0.1) is 0 Å². The molecule has 0 saturated heterocycles. The van der Waals surface area contributed by atoms with Crippen molar-refractivity contribution in [2.75, 3.05) is 0 Å². The average molecular weight is 382 g/mol. The molecule has 1 rings (SSSR count). The Balaban J connectivity index is -0.000000270. The van der Waals surface area contributed by atoms with E-state index < -0.39 is 24.2 Å². The van der Waals surface area contributed by atoms with Crippen molar-refractivity contribution in [1.29, 1.82) is 0 Å². The van der Waals surface area contributed by atoms with Crippen LogP contribution in [0.5, 0.6) is 0 Å². The van der Waals surface area contributed by atoms with Crippen molar-refractivity contribution in [2.24, 2.45) is 0 Å². The monoisotopic (exact) mass is 383 g/mol. The summed E-state index contributed by atoms with van der Waals surface area (Å²) >= 11 is 0. The summed E-state index contributed by atoms with van der Waals surface area (Å²) in [6, 6.07) is 0. The number of rotatable bonds is 0. The largest absolute Gasteiger partial charge is 1.00 e. The van der Waals surface area contributed by atoms with Gasteiger partial charge >= 0.3 is 0 Å². The van der Waals surface area contributed by atoms with Gasteiger partial charge in [0.05, 0.1) is 5.83 Å². The van der Waals surface area contributed by atoms with Crippen molar-refractivity contribution in [1.82, 2.24) is 0 Å². The summed E-state index contributed by atoms with van der Waals surface area (Å²) < 4.78 is 36.0. The SMILES string of the molecule is FC1=C[C-](F)CC(F)=C1.[Cl-].[Cl-].[Hf]. The Bertz CT molecular complexity index is 182. The predicted octanol–water partition coefficient (Wildman–Crippen LogP) is -3.40. The average Bonchev–Trinajstić information content (AvgIpc) is 1.59. The standard InChI is InChI=1S/C6H4F3.2ClH.Hf/c7-4-1-5(8)3-6(9)2-4;;;/h1-2H,3H2;2*1H;/q-1;;;/p-2. The van der Waals surface area contributed by atoms with Gasteiger partial charge in [-0.3, -0.25) is 0 Å². The second kappa shape index (κ2) is 8.20. The van der Waals surface area contributed by atoms with Crippen LogP contribution in [0.25, 0.3) is 0 Å². The van der Waals surface area contributed by atoms with Crippen LogP contribution in [0.1, 0.15) is 6.42 Å². The molecule has 6 heteroatoms. The first-order chi connectivity index (χ1) is 4.18. The summed E-state index contributed by atoms with van der Waals surface area (Å²) in [5, 5.41) is 0. The third kappa shape index (κ3) is 6.14. The first-order valence-corrected chi connectivity index (χ1v) is 2.43. The van der Waals surface area contributed by atoms with Gasteiger partial charge in [0.2, 0.25) is 0 Å². The normalized spacial score (nSPS) is 14.4. The Hall–Kier alpha value is 0.590. The number of allylic oxidation sites excluding steroid dienone is 4. The van der Waals surface area contributed by atoms with E-state index in [1.54, 1.807) is 0 Å². The fourth-order valence-electron chi connectivity index (χ4n) is 0.604. The Kier molecular flexibility index (Phi) is 12.6. The molecular formula is C6H4Cl2F3Hf-3. The van der Waals surface area contributed by atoms with Crippen molar-refractivity contribution in [2.45, 2.75) is 6.42 Å². The Labute approximate surface area is 99.9 Å². The van der Waals surface area contributed by atoms with E-state index in [9.17, 15) is 13.2 Å². The van der Waals surface area contributed by atoms with Crippen molar-refractivity contribution >= 4 is 0 Å². The molecule has 0 bridgehead atoms. The smallest absolute Gasteiger partial charge is 0.0748 e. The first-order valence-electron chi connectivity index (χ1n) is 2.43. The minimum Gasteiger partial charge on any atom is -1.00 e. The molecule has 0 aliphatic heterocycles. The summed E-state index contributed by atoms with van der Waals surface area (Å²) in [4.78, 5) is 0. The van der Waals surface area contributed by atoms with E-state index in [0.717, 1.165) is 0 Å². The second-order valence-corrected chi connectivity index (χ2v) is 1.74. The molecule has 0 radical (unpaired) electrons. The third-order valence-corrected chi connectivity index (χ3v) is 0.927. The molecular weight excluding hydrogens is 378 g/mol. The van der Waals surface area contributed by atoms with E-state index in [2.05, 4.69) is 0 Å². The Morgan fingerprint density at radius 1 is 1.25 bits per heavy atom. The summed E-state index contributed by atoms with van der Waals surface area (Å²) in [5.74, 6) is -1.64. The molecule has 70 valence electrons. The molecule has 0 unspecified atom stereocenters. The minimum atomic E-state index is -0.865. The molecule has 0 heterocycles. The molecule has 0 spiro atoms. The molecule has 0 aromatic heterocycles. The van der Waals surface area contributed by atoms with E-state index in [-0.39, 0.29) is 50.7 Å². The summed E-state index contributed by atoms with van der Waals surface area (Å²) in [6.07, 6.45) is 0.159. The van der Waals surface area contributed by atoms with Crippen LogP contribution in [0.15, 0.2) is 23.8 Å². The van der Waals surface area contributed by atoms with Crippen molar-refractivity contribution in [3.05, 3.63) is 30.0 Å². The third-order valence-electron chi connectivity index (χ3n) is 0.927. The quantitative estimate of drug-likeness (QED) is 0.303. The van der Waals surface area contributed by atoms with Gasteiger partial charge in [0.1, 0.15) is 0 Å². The van der Waals surface area contributed by atoms with Crippen molar-refractivity contribution in [3.63, 3.8) is 0 Å². The zero-order valence-electron chi connectivity index (χ0n) is 5.75. The molecule has 0 N–H and O–H groups in total. The van der Waals surface area contributed by atoms with Crippen LogP contribution in [0.4, 0.5) is 13.2 Å². The van der Waals surface area contributed by atoms with Crippen LogP contribution >= 0.6 is 0 Å². The first kappa shape index (κ1) is 18.4. The van der Waals surface area contributed by atoms with E-state index in [1.807, 2.05) is 0 Å². The van der Waals surface area contributed by atoms with Gasteiger partial charge in [-0.2, -0.15) is 6.08 Å². The van der Waals surface area contributed by atoms with E-state index in [4.69, 9.17) is 0 Å². The maximum atomic E-state index is 12.0. The van der Waals surface area contributed by atoms with Gasteiger partial charge in [-0.25, -0.2) is 4.39 Å². The van der Waals surface area contributed by atoms with Gasteiger partial charge < -0.3 is 33.6 Å². The summed E-state index contributed by atoms with van der Waals surface area (Å²) in [5.41, 5.74) is 0. The molecule has 0 amide bonds. The zero-order valence-corrected chi connectivity index (χ0v) is 10.9. The van der Waals surface area contributed by atoms with Crippen LogP contribution < -0.4 is 24.8 Å². The molecule has 0 atom stereocenters. The minimum absolute atomic E-state index is 0. The molecule has 0 fully saturated rings. The number of hydrogen-bond donors (Lipinski definition) is 0. The van der Waals surface area contributed by atoms with Gasteiger partial charge in [0, 0.05) is 25.8 Å². The topological polar surface area (TPSA) is 0 Å². The summed E-state index contributed by atoms with van der Waals surface area (Å²) in [7, 11) is 0. The van der Waals surface area contributed by atoms with Crippen LogP contribution in [-0.4, -0.2) is 0 Å². The van der Waals surface area contributed by atoms with Crippen LogP contribution in [0.3, 0.4) is 0 Å². The second-order valence-electron chi connectivity index (χ2n) is 1.74. The molecule has 0 aromatic carbocycles. The van der Waals surface area contributed by atoms with Crippen LogP contribution in [0, 0.1) is 6.17 Å². The van der Waals surface area contributed by atoms with Crippen LogP contribution in [0.2, 0.25) is 0 Å². The maximum absolute atomic E-state index is 12.0. The van der Waals surface area contributed by atoms with E-state index in [1.165, 1.54) is 0 Å². The predicted molar refractivity (Wildman–Crippen MR) is 27.3 cm³/mol. The van der Waals surface area contributed by atoms with Gasteiger partial charge in [0.25, 0.3) is 0 Å². The molecule has 1 aliphatic rings. The Morgan fingerprint density at radius 3 is 2.08 bits per heavy atom. The van der Waals surface area contributed by atoms with Gasteiger partial charge in [0.15, 0.2) is 0 Å². The van der Waals surface area contributed by atoms with Gasteiger partial charge in [-0.05, 0) is 18.4 Å². The molecule has 1 aliphatic carbocycles. The number of halogens is 5. The molecule has 0 saturated carbocycles. The van der Waals surface area contributed by atoms with Crippen molar-refractivity contribution < 1.29 is 63.8 Å². The number of hydrogen-bond acceptors (Lipinski definition) is 0. The van der Waals surface area contributed by atoms with Crippen LogP contribution in [-0.2, 0) is 25.8 Å². The maximum Gasteiger partial charge on any atom is 0.0748 e. The Morgan fingerprint density at radius 2 is 1.75 bits per heavy atom. The van der Waals surface area contributed by atoms with Gasteiger partial charge in [-0.1, -0.05) is 6.08 Å². The molecule has 0 aromatic rings. The zero-order chi connectivity index (χ0) is 6.85. The molecule has 12 heavy (non-hydrogen) atoms.